The highest BCUT2D eigenvalue weighted by molar-refractivity contribution is 5.99. The lowest BCUT2D eigenvalue weighted by Gasteiger charge is -2.26. The first-order valence-corrected chi connectivity index (χ1v) is 10.3. The number of hydrogen-bond donors (Lipinski definition) is 1. The maximum absolute atomic E-state index is 13.6. The molecule has 2 heterocycles. The van der Waals surface area contributed by atoms with E-state index in [1.807, 2.05) is 24.3 Å². The van der Waals surface area contributed by atoms with Crippen LogP contribution in [0.15, 0.2) is 51.7 Å². The predicted molar refractivity (Wildman–Crippen MR) is 117 cm³/mol. The van der Waals surface area contributed by atoms with E-state index in [1.54, 1.807) is 37.3 Å². The first kappa shape index (κ1) is 20.9. The summed E-state index contributed by atoms with van der Waals surface area (Å²) in [5.41, 5.74) is 1.28. The van der Waals surface area contributed by atoms with Crippen LogP contribution in [0.4, 0.5) is 0 Å². The van der Waals surface area contributed by atoms with Crippen molar-refractivity contribution in [2.75, 3.05) is 41.4 Å². The summed E-state index contributed by atoms with van der Waals surface area (Å²) in [4.78, 5) is 30.0. The Hall–Kier alpha value is -3.32. The van der Waals surface area contributed by atoms with Crippen molar-refractivity contribution in [2.45, 2.75) is 12.5 Å². The normalized spacial score (nSPS) is 15.6. The van der Waals surface area contributed by atoms with Gasteiger partial charge in [-0.2, -0.15) is 0 Å². The minimum Gasteiger partial charge on any atom is -0.497 e. The van der Waals surface area contributed by atoms with Crippen molar-refractivity contribution in [3.8, 4) is 11.5 Å². The molecule has 0 saturated carbocycles. The van der Waals surface area contributed by atoms with Crippen LogP contribution in [0.1, 0.15) is 34.1 Å². The molecule has 4 rings (SSSR count). The van der Waals surface area contributed by atoms with E-state index in [2.05, 4.69) is 14.1 Å². The lowest BCUT2D eigenvalue weighted by atomic mass is 9.97. The lowest BCUT2D eigenvalue weighted by molar-refractivity contribution is -0.858. The summed E-state index contributed by atoms with van der Waals surface area (Å²) in [5, 5.41) is 0.423. The topological polar surface area (TPSA) is 73.4 Å². The van der Waals surface area contributed by atoms with Gasteiger partial charge in [-0.1, -0.05) is 18.2 Å². The lowest BCUT2D eigenvalue weighted by Crippen LogP contribution is -3.05. The van der Waals surface area contributed by atoms with Gasteiger partial charge in [-0.15, -0.1) is 0 Å². The van der Waals surface area contributed by atoms with Crippen LogP contribution in [0.25, 0.3) is 11.0 Å². The van der Waals surface area contributed by atoms with Crippen molar-refractivity contribution in [3.63, 3.8) is 0 Å². The third-order valence-corrected chi connectivity index (χ3v) is 5.68. The zero-order chi connectivity index (χ0) is 22.1. The largest absolute Gasteiger partial charge is 0.497 e. The minimum absolute atomic E-state index is 0.0962. The van der Waals surface area contributed by atoms with E-state index in [9.17, 15) is 9.59 Å². The van der Waals surface area contributed by atoms with Crippen LogP contribution in [0.3, 0.4) is 0 Å². The number of amides is 1. The molecule has 31 heavy (non-hydrogen) atoms. The van der Waals surface area contributed by atoms with Crippen molar-refractivity contribution in [2.24, 2.45) is 0 Å². The van der Waals surface area contributed by atoms with E-state index in [-0.39, 0.29) is 17.1 Å². The smallest absolute Gasteiger partial charge is 0.290 e. The molecular formula is C24H27N2O5+. The molecule has 1 aromatic heterocycles. The first-order chi connectivity index (χ1) is 15.0. The van der Waals surface area contributed by atoms with E-state index in [0.29, 0.717) is 34.6 Å². The molecule has 1 amide bonds. The third kappa shape index (κ3) is 3.65. The molecule has 0 aliphatic carbocycles. The molecule has 0 spiro atoms. The van der Waals surface area contributed by atoms with Crippen LogP contribution in [0, 0.1) is 0 Å². The number of methoxy groups -OCH3 is 2. The molecular weight excluding hydrogens is 396 g/mol. The summed E-state index contributed by atoms with van der Waals surface area (Å²) >= 11 is 0. The first-order valence-electron chi connectivity index (χ1n) is 10.3. The number of carbonyl (C=O) groups excluding carboxylic acids is 1. The van der Waals surface area contributed by atoms with Gasteiger partial charge in [-0.25, -0.2) is 0 Å². The summed E-state index contributed by atoms with van der Waals surface area (Å²) in [6, 6.07) is 12.0. The molecule has 0 saturated heterocycles. The van der Waals surface area contributed by atoms with E-state index < -0.39 is 6.04 Å². The average molecular weight is 423 g/mol. The van der Waals surface area contributed by atoms with Crippen LogP contribution < -0.4 is 19.8 Å². The summed E-state index contributed by atoms with van der Waals surface area (Å²) in [6.07, 6.45) is 0.801. The van der Waals surface area contributed by atoms with Crippen LogP contribution in [-0.4, -0.2) is 52.2 Å². The van der Waals surface area contributed by atoms with Crippen molar-refractivity contribution in [1.82, 2.24) is 4.90 Å². The zero-order valence-electron chi connectivity index (χ0n) is 18.2. The summed E-state index contributed by atoms with van der Waals surface area (Å²) in [6.45, 7) is 1.41. The van der Waals surface area contributed by atoms with Crippen molar-refractivity contribution < 1.29 is 23.6 Å². The fraction of sp³-hybridized carbons (Fsp3) is 0.333. The molecule has 3 aromatic rings. The Morgan fingerprint density at radius 2 is 1.84 bits per heavy atom. The van der Waals surface area contributed by atoms with Gasteiger partial charge in [0.05, 0.1) is 51.9 Å². The SMILES string of the molecule is COc1ccc2c(=O)c3c(oc2c1)C(=O)N(CCC[NH+](C)C)[C@H]3c1ccccc1OC. The number of nitrogens with zero attached hydrogens (tertiary/aromatic N) is 1. The van der Waals surface area contributed by atoms with Crippen LogP contribution in [0.2, 0.25) is 0 Å². The molecule has 0 unspecified atom stereocenters. The maximum Gasteiger partial charge on any atom is 0.290 e. The van der Waals surface area contributed by atoms with Gasteiger partial charge >= 0.3 is 0 Å². The van der Waals surface area contributed by atoms with E-state index in [0.717, 1.165) is 18.5 Å². The van der Waals surface area contributed by atoms with Crippen LogP contribution in [0.5, 0.6) is 11.5 Å². The van der Waals surface area contributed by atoms with Crippen molar-refractivity contribution in [1.29, 1.82) is 0 Å². The maximum atomic E-state index is 13.6. The number of hydrogen-bond acceptors (Lipinski definition) is 5. The molecule has 1 atom stereocenters. The Bertz CT molecular complexity index is 1180. The monoisotopic (exact) mass is 423 g/mol. The highest BCUT2D eigenvalue weighted by atomic mass is 16.5. The second-order valence-corrected chi connectivity index (χ2v) is 7.99. The summed E-state index contributed by atoms with van der Waals surface area (Å²) < 4.78 is 16.8. The number of quaternary nitrogens is 1. The molecule has 7 heteroatoms. The molecule has 2 aromatic carbocycles. The predicted octanol–water partition coefficient (Wildman–Crippen LogP) is 1.89. The highest BCUT2D eigenvalue weighted by Crippen LogP contribution is 2.41. The molecule has 7 nitrogen and oxygen atoms in total. The number of nitrogens with one attached hydrogen (secondary N) is 1. The molecule has 0 fully saturated rings. The van der Waals surface area contributed by atoms with Gasteiger partial charge < -0.3 is 23.7 Å². The Labute approximate surface area is 180 Å². The van der Waals surface area contributed by atoms with E-state index in [4.69, 9.17) is 13.9 Å². The van der Waals surface area contributed by atoms with Gasteiger partial charge in [0.25, 0.3) is 5.91 Å². The van der Waals surface area contributed by atoms with Gasteiger partial charge in [0.15, 0.2) is 5.43 Å². The second-order valence-electron chi connectivity index (χ2n) is 7.99. The molecule has 1 aliphatic heterocycles. The number of ether oxygens (including phenoxy) is 2. The molecule has 1 aliphatic rings. The quantitative estimate of drug-likeness (QED) is 0.628. The average Bonchev–Trinajstić information content (AvgIpc) is 3.05. The highest BCUT2D eigenvalue weighted by Gasteiger charge is 2.43. The Morgan fingerprint density at radius 3 is 2.55 bits per heavy atom. The number of fused-ring (bicyclic) bond motifs is 2. The van der Waals surface area contributed by atoms with Crippen LogP contribution >= 0.6 is 0 Å². The standard InChI is InChI=1S/C24H26N2O5/c1-25(2)12-7-13-26-21(16-8-5-6-9-18(16)30-4)20-22(27)17-11-10-15(29-3)14-19(17)31-23(20)24(26)28/h5-6,8-11,14,21H,7,12-13H2,1-4H3/p+1/t21-/m0/s1. The molecule has 162 valence electrons. The number of rotatable bonds is 7. The van der Waals surface area contributed by atoms with Gasteiger partial charge in [-0.05, 0) is 18.2 Å². The zero-order valence-corrected chi connectivity index (χ0v) is 18.2. The summed E-state index contributed by atoms with van der Waals surface area (Å²) in [7, 11) is 7.28. The third-order valence-electron chi connectivity index (χ3n) is 5.68. The minimum atomic E-state index is -0.557. The molecule has 0 radical (unpaired) electrons. The second kappa shape index (κ2) is 8.43. The van der Waals surface area contributed by atoms with Crippen molar-refractivity contribution in [3.05, 3.63) is 69.6 Å². The molecule has 1 N–H and O–H groups in total. The number of para-hydroxylation sites is 1. The molecule has 0 bridgehead atoms. The fourth-order valence-electron chi connectivity index (χ4n) is 4.17. The number of carbonyl (C=O) groups is 1. The van der Waals surface area contributed by atoms with E-state index in [1.165, 1.54) is 4.90 Å². The van der Waals surface area contributed by atoms with E-state index >= 15 is 0 Å². The summed E-state index contributed by atoms with van der Waals surface area (Å²) in [5.74, 6) is 1.01. The Kier molecular flexibility index (Phi) is 5.69. The van der Waals surface area contributed by atoms with Crippen LogP contribution in [-0.2, 0) is 0 Å². The van der Waals surface area contributed by atoms with Gasteiger partial charge in [-0.3, -0.25) is 9.59 Å². The number of benzene rings is 2. The van der Waals surface area contributed by atoms with Crippen molar-refractivity contribution >= 4 is 16.9 Å². The fourth-order valence-corrected chi connectivity index (χ4v) is 4.17. The van der Waals surface area contributed by atoms with Gasteiger partial charge in [0.1, 0.15) is 17.1 Å². The van der Waals surface area contributed by atoms with Gasteiger partial charge in [0, 0.05) is 24.6 Å². The Balaban J connectivity index is 1.91. The van der Waals surface area contributed by atoms with Gasteiger partial charge in [0.2, 0.25) is 5.76 Å². The Morgan fingerprint density at radius 1 is 1.06 bits per heavy atom.